The molecule has 0 saturated carbocycles. The van der Waals surface area contributed by atoms with Gasteiger partial charge in [-0.1, -0.05) is 13.0 Å². The van der Waals surface area contributed by atoms with E-state index >= 15 is 0 Å². The van der Waals surface area contributed by atoms with Crippen molar-refractivity contribution in [3.05, 3.63) is 58.2 Å². The number of nitrogens with zero attached hydrogens (tertiary/aromatic N) is 2. The standard InChI is InChI=1S/C17H22FN3/c1-5-19-17(16-8-12(3)20-21-13(16)4)10-14-9-15(18)7-6-11(14)2/h6-9,17,19H,5,10H2,1-4H3. The molecule has 1 aromatic heterocycles. The van der Waals surface area contributed by atoms with E-state index in [0.717, 1.165) is 41.0 Å². The summed E-state index contributed by atoms with van der Waals surface area (Å²) >= 11 is 0. The summed E-state index contributed by atoms with van der Waals surface area (Å²) in [5, 5.41) is 11.8. The van der Waals surface area contributed by atoms with E-state index in [0.29, 0.717) is 0 Å². The lowest BCUT2D eigenvalue weighted by Gasteiger charge is -2.21. The van der Waals surface area contributed by atoms with Crippen LogP contribution in [0.15, 0.2) is 24.3 Å². The Bertz CT molecular complexity index is 625. The molecular weight excluding hydrogens is 265 g/mol. The predicted octanol–water partition coefficient (Wildman–Crippen LogP) is 3.43. The average molecular weight is 287 g/mol. The first kappa shape index (κ1) is 15.6. The van der Waals surface area contributed by atoms with Gasteiger partial charge in [-0.05, 0) is 68.6 Å². The molecule has 1 N–H and O–H groups in total. The lowest BCUT2D eigenvalue weighted by molar-refractivity contribution is 0.538. The van der Waals surface area contributed by atoms with Gasteiger partial charge < -0.3 is 5.32 Å². The molecule has 0 aliphatic heterocycles. The maximum Gasteiger partial charge on any atom is 0.123 e. The van der Waals surface area contributed by atoms with Crippen molar-refractivity contribution in [2.24, 2.45) is 0 Å². The molecule has 21 heavy (non-hydrogen) atoms. The van der Waals surface area contributed by atoms with Gasteiger partial charge in [0.15, 0.2) is 0 Å². The highest BCUT2D eigenvalue weighted by atomic mass is 19.1. The van der Waals surface area contributed by atoms with Crippen molar-refractivity contribution in [1.29, 1.82) is 0 Å². The largest absolute Gasteiger partial charge is 0.310 e. The van der Waals surface area contributed by atoms with E-state index in [1.54, 1.807) is 6.07 Å². The Hall–Kier alpha value is -1.81. The van der Waals surface area contributed by atoms with Crippen molar-refractivity contribution in [3.8, 4) is 0 Å². The van der Waals surface area contributed by atoms with Crippen LogP contribution in [0.3, 0.4) is 0 Å². The monoisotopic (exact) mass is 287 g/mol. The number of likely N-dealkylation sites (N-methyl/N-ethyl adjacent to an activating group) is 1. The van der Waals surface area contributed by atoms with Crippen LogP contribution in [0.5, 0.6) is 0 Å². The Morgan fingerprint density at radius 1 is 1.14 bits per heavy atom. The van der Waals surface area contributed by atoms with Crippen LogP contribution in [0, 0.1) is 26.6 Å². The zero-order chi connectivity index (χ0) is 15.4. The van der Waals surface area contributed by atoms with Gasteiger partial charge in [-0.2, -0.15) is 10.2 Å². The molecule has 1 unspecified atom stereocenters. The predicted molar refractivity (Wildman–Crippen MR) is 82.8 cm³/mol. The molecule has 0 radical (unpaired) electrons. The first-order chi connectivity index (χ1) is 10.0. The summed E-state index contributed by atoms with van der Waals surface area (Å²) in [5.74, 6) is -0.188. The number of aromatic nitrogens is 2. The molecule has 0 spiro atoms. The molecular formula is C17H22FN3. The van der Waals surface area contributed by atoms with Crippen molar-refractivity contribution in [2.75, 3.05) is 6.54 Å². The summed E-state index contributed by atoms with van der Waals surface area (Å²) in [6, 6.07) is 7.13. The van der Waals surface area contributed by atoms with Gasteiger partial charge in [0.2, 0.25) is 0 Å². The van der Waals surface area contributed by atoms with E-state index in [4.69, 9.17) is 0 Å². The van der Waals surface area contributed by atoms with Crippen molar-refractivity contribution >= 4 is 0 Å². The van der Waals surface area contributed by atoms with E-state index in [1.807, 2.05) is 26.8 Å². The van der Waals surface area contributed by atoms with Crippen molar-refractivity contribution in [1.82, 2.24) is 15.5 Å². The fraction of sp³-hybridized carbons (Fsp3) is 0.412. The van der Waals surface area contributed by atoms with Gasteiger partial charge in [-0.15, -0.1) is 0 Å². The number of nitrogens with one attached hydrogen (secondary N) is 1. The van der Waals surface area contributed by atoms with E-state index < -0.39 is 0 Å². The summed E-state index contributed by atoms with van der Waals surface area (Å²) in [7, 11) is 0. The SMILES string of the molecule is CCNC(Cc1cc(F)ccc1C)c1cc(C)nnc1C. The maximum absolute atomic E-state index is 13.5. The fourth-order valence-electron chi connectivity index (χ4n) is 2.54. The van der Waals surface area contributed by atoms with E-state index in [2.05, 4.69) is 28.5 Å². The minimum absolute atomic E-state index is 0.115. The zero-order valence-electron chi connectivity index (χ0n) is 13.1. The lowest BCUT2D eigenvalue weighted by atomic mass is 9.95. The molecule has 1 atom stereocenters. The van der Waals surface area contributed by atoms with Crippen LogP contribution in [-0.4, -0.2) is 16.7 Å². The Kier molecular flexibility index (Phi) is 5.02. The van der Waals surface area contributed by atoms with Gasteiger partial charge in [0, 0.05) is 6.04 Å². The fourth-order valence-corrected chi connectivity index (χ4v) is 2.54. The van der Waals surface area contributed by atoms with Crippen molar-refractivity contribution in [2.45, 2.75) is 40.2 Å². The number of aryl methyl sites for hydroxylation is 3. The van der Waals surface area contributed by atoms with E-state index in [9.17, 15) is 4.39 Å². The maximum atomic E-state index is 13.5. The second-order valence-corrected chi connectivity index (χ2v) is 5.41. The number of hydrogen-bond donors (Lipinski definition) is 1. The van der Waals surface area contributed by atoms with Crippen LogP contribution in [0.2, 0.25) is 0 Å². The Labute approximate surface area is 125 Å². The molecule has 0 fully saturated rings. The lowest BCUT2D eigenvalue weighted by Crippen LogP contribution is -2.24. The van der Waals surface area contributed by atoms with Gasteiger partial charge >= 0.3 is 0 Å². The molecule has 3 nitrogen and oxygen atoms in total. The van der Waals surface area contributed by atoms with Crippen molar-refractivity contribution in [3.63, 3.8) is 0 Å². The van der Waals surface area contributed by atoms with Gasteiger partial charge in [0.05, 0.1) is 11.4 Å². The molecule has 1 heterocycles. The Morgan fingerprint density at radius 2 is 1.90 bits per heavy atom. The van der Waals surface area contributed by atoms with Crippen LogP contribution >= 0.6 is 0 Å². The zero-order valence-corrected chi connectivity index (χ0v) is 13.1. The number of benzene rings is 1. The van der Waals surface area contributed by atoms with Gasteiger partial charge in [0.25, 0.3) is 0 Å². The first-order valence-electron chi connectivity index (χ1n) is 7.30. The molecule has 0 bridgehead atoms. The molecule has 0 amide bonds. The highest BCUT2D eigenvalue weighted by Crippen LogP contribution is 2.23. The smallest absolute Gasteiger partial charge is 0.123 e. The third-order valence-electron chi connectivity index (χ3n) is 3.70. The average Bonchev–Trinajstić information content (AvgIpc) is 2.45. The molecule has 4 heteroatoms. The van der Waals surface area contributed by atoms with Gasteiger partial charge in [-0.25, -0.2) is 4.39 Å². The van der Waals surface area contributed by atoms with Crippen LogP contribution < -0.4 is 5.32 Å². The molecule has 2 rings (SSSR count). The summed E-state index contributed by atoms with van der Waals surface area (Å²) in [6.07, 6.45) is 0.739. The summed E-state index contributed by atoms with van der Waals surface area (Å²) in [5.41, 5.74) is 5.08. The van der Waals surface area contributed by atoms with Crippen LogP contribution in [0.1, 0.15) is 41.0 Å². The molecule has 2 aromatic rings. The second kappa shape index (κ2) is 6.76. The van der Waals surface area contributed by atoms with Crippen LogP contribution in [0.25, 0.3) is 0 Å². The minimum atomic E-state index is -0.188. The van der Waals surface area contributed by atoms with Crippen LogP contribution in [0.4, 0.5) is 4.39 Å². The summed E-state index contributed by atoms with van der Waals surface area (Å²) in [4.78, 5) is 0. The number of halogens is 1. The second-order valence-electron chi connectivity index (χ2n) is 5.41. The quantitative estimate of drug-likeness (QED) is 0.915. The van der Waals surface area contributed by atoms with Crippen LogP contribution in [-0.2, 0) is 6.42 Å². The highest BCUT2D eigenvalue weighted by Gasteiger charge is 2.16. The molecule has 0 aliphatic carbocycles. The minimum Gasteiger partial charge on any atom is -0.310 e. The Balaban J connectivity index is 2.35. The van der Waals surface area contributed by atoms with Gasteiger partial charge in [-0.3, -0.25) is 0 Å². The topological polar surface area (TPSA) is 37.8 Å². The molecule has 1 aromatic carbocycles. The third kappa shape index (κ3) is 3.85. The summed E-state index contributed by atoms with van der Waals surface area (Å²) in [6.45, 7) is 8.83. The van der Waals surface area contributed by atoms with E-state index in [-0.39, 0.29) is 11.9 Å². The van der Waals surface area contributed by atoms with Gasteiger partial charge in [0.1, 0.15) is 5.82 Å². The highest BCUT2D eigenvalue weighted by molar-refractivity contribution is 5.31. The number of rotatable bonds is 5. The van der Waals surface area contributed by atoms with Crippen molar-refractivity contribution < 1.29 is 4.39 Å². The normalized spacial score (nSPS) is 12.4. The summed E-state index contributed by atoms with van der Waals surface area (Å²) < 4.78 is 13.5. The molecule has 0 saturated heterocycles. The molecule has 112 valence electrons. The Morgan fingerprint density at radius 3 is 2.62 bits per heavy atom. The van der Waals surface area contributed by atoms with E-state index in [1.165, 1.54) is 6.07 Å². The number of hydrogen-bond acceptors (Lipinski definition) is 3. The molecule has 0 aliphatic rings. The third-order valence-corrected chi connectivity index (χ3v) is 3.70. The first-order valence-corrected chi connectivity index (χ1v) is 7.30.